The fraction of sp³-hybridized carbons (Fsp3) is 0.0526. The van der Waals surface area contributed by atoms with Crippen LogP contribution in [0, 0.1) is 5.92 Å². The SMILES string of the molecule is C1=Cc2ccc3c(c2=C1)=CC1C=CN2C=CC=CN2C1=C3. The summed E-state index contributed by atoms with van der Waals surface area (Å²) < 4.78 is 0. The van der Waals surface area contributed by atoms with Gasteiger partial charge in [-0.15, -0.1) is 0 Å². The Balaban J connectivity index is 1.75. The van der Waals surface area contributed by atoms with Crippen LogP contribution in [0.1, 0.15) is 11.1 Å². The zero-order valence-corrected chi connectivity index (χ0v) is 11.5. The predicted molar refractivity (Wildman–Crippen MR) is 86.2 cm³/mol. The zero-order chi connectivity index (χ0) is 13.8. The van der Waals surface area contributed by atoms with Gasteiger partial charge in [0.25, 0.3) is 0 Å². The Morgan fingerprint density at radius 2 is 1.76 bits per heavy atom. The second kappa shape index (κ2) is 3.89. The second-order valence-electron chi connectivity index (χ2n) is 5.61. The molecule has 0 amide bonds. The van der Waals surface area contributed by atoms with Crippen molar-refractivity contribution in [1.82, 2.24) is 10.0 Å². The van der Waals surface area contributed by atoms with Gasteiger partial charge in [0.05, 0.1) is 5.70 Å². The van der Waals surface area contributed by atoms with E-state index >= 15 is 0 Å². The number of hydrazine groups is 1. The Morgan fingerprint density at radius 1 is 0.857 bits per heavy atom. The van der Waals surface area contributed by atoms with E-state index < -0.39 is 0 Å². The second-order valence-corrected chi connectivity index (χ2v) is 5.61. The van der Waals surface area contributed by atoms with Crippen LogP contribution in [0.15, 0.2) is 60.7 Å². The molecule has 0 fully saturated rings. The molecule has 0 radical (unpaired) electrons. The third-order valence-electron chi connectivity index (χ3n) is 4.42. The molecule has 0 spiro atoms. The average Bonchev–Trinajstić information content (AvgIpc) is 3.02. The van der Waals surface area contributed by atoms with Crippen molar-refractivity contribution in [2.24, 2.45) is 5.92 Å². The van der Waals surface area contributed by atoms with Gasteiger partial charge in [-0.25, -0.2) is 0 Å². The van der Waals surface area contributed by atoms with Gasteiger partial charge in [0.1, 0.15) is 0 Å². The molecule has 1 unspecified atom stereocenters. The van der Waals surface area contributed by atoms with Gasteiger partial charge in [-0.1, -0.05) is 42.5 Å². The quantitative estimate of drug-likeness (QED) is 0.714. The van der Waals surface area contributed by atoms with E-state index in [0.717, 1.165) is 0 Å². The van der Waals surface area contributed by atoms with Gasteiger partial charge in [-0.2, -0.15) is 0 Å². The summed E-state index contributed by atoms with van der Waals surface area (Å²) in [5, 5.41) is 7.04. The number of hydrogen-bond acceptors (Lipinski definition) is 2. The summed E-state index contributed by atoms with van der Waals surface area (Å²) in [6.07, 6.45) is 23.9. The molecule has 0 N–H and O–H groups in total. The molecule has 1 atom stereocenters. The molecular formula is C19H14N2. The normalized spacial score (nSPS) is 22.9. The van der Waals surface area contributed by atoms with Crippen LogP contribution >= 0.6 is 0 Å². The predicted octanol–water partition coefficient (Wildman–Crippen LogP) is 2.33. The van der Waals surface area contributed by atoms with E-state index in [1.165, 1.54) is 27.3 Å². The summed E-state index contributed by atoms with van der Waals surface area (Å²) in [6, 6.07) is 4.44. The molecule has 100 valence electrons. The Morgan fingerprint density at radius 3 is 2.76 bits per heavy atom. The molecular weight excluding hydrogens is 256 g/mol. The molecule has 0 bridgehead atoms. The van der Waals surface area contributed by atoms with Crippen LogP contribution in [0.2, 0.25) is 0 Å². The molecule has 2 heteroatoms. The van der Waals surface area contributed by atoms with E-state index in [9.17, 15) is 0 Å². The minimum absolute atomic E-state index is 0.338. The first-order valence-corrected chi connectivity index (χ1v) is 7.26. The molecule has 5 rings (SSSR count). The van der Waals surface area contributed by atoms with Gasteiger partial charge in [0.2, 0.25) is 0 Å². The number of rotatable bonds is 0. The van der Waals surface area contributed by atoms with Crippen LogP contribution in [0.25, 0.3) is 24.3 Å². The number of allylic oxidation sites excluding steroid dienone is 4. The van der Waals surface area contributed by atoms with E-state index in [-0.39, 0.29) is 0 Å². The van der Waals surface area contributed by atoms with Crippen molar-refractivity contribution in [1.29, 1.82) is 0 Å². The minimum atomic E-state index is 0.338. The highest BCUT2D eigenvalue weighted by atomic mass is 15.6. The van der Waals surface area contributed by atoms with Gasteiger partial charge < -0.3 is 0 Å². The van der Waals surface area contributed by atoms with Crippen molar-refractivity contribution < 1.29 is 0 Å². The van der Waals surface area contributed by atoms with Gasteiger partial charge in [-0.05, 0) is 39.8 Å². The van der Waals surface area contributed by atoms with Crippen molar-refractivity contribution in [3.8, 4) is 0 Å². The molecule has 2 heterocycles. The van der Waals surface area contributed by atoms with E-state index in [1.54, 1.807) is 0 Å². The maximum absolute atomic E-state index is 2.38. The minimum Gasteiger partial charge on any atom is -0.265 e. The molecule has 2 aliphatic heterocycles. The summed E-state index contributed by atoms with van der Waals surface area (Å²) >= 11 is 0. The first-order chi connectivity index (χ1) is 10.4. The summed E-state index contributed by atoms with van der Waals surface area (Å²) in [5.41, 5.74) is 3.93. The van der Waals surface area contributed by atoms with Crippen LogP contribution in [0.5, 0.6) is 0 Å². The van der Waals surface area contributed by atoms with Crippen LogP contribution in [0.3, 0.4) is 0 Å². The smallest absolute Gasteiger partial charge is 0.0517 e. The maximum atomic E-state index is 2.38. The van der Waals surface area contributed by atoms with Gasteiger partial charge in [-0.3, -0.25) is 10.0 Å². The standard InChI is InChI=1S/C19H14N2/c1-2-10-21-19-13-15-7-6-14-4-3-5-17(14)18(15)12-16(19)8-11-20(21)9-1/h1-13,16H. The largest absolute Gasteiger partial charge is 0.265 e. The molecule has 1 aromatic carbocycles. The number of nitrogens with zero attached hydrogens (tertiary/aromatic N) is 2. The highest BCUT2D eigenvalue weighted by Gasteiger charge is 2.26. The number of hydrogen-bond donors (Lipinski definition) is 0. The van der Waals surface area contributed by atoms with E-state index in [0.29, 0.717) is 5.92 Å². The van der Waals surface area contributed by atoms with Crippen molar-refractivity contribution in [2.75, 3.05) is 0 Å². The average molecular weight is 270 g/mol. The topological polar surface area (TPSA) is 6.48 Å². The Bertz CT molecular complexity index is 910. The van der Waals surface area contributed by atoms with Crippen molar-refractivity contribution in [3.05, 3.63) is 82.3 Å². The lowest BCUT2D eigenvalue weighted by Crippen LogP contribution is -2.40. The number of benzene rings is 1. The van der Waals surface area contributed by atoms with E-state index in [1.807, 2.05) is 0 Å². The monoisotopic (exact) mass is 270 g/mol. The van der Waals surface area contributed by atoms with E-state index in [2.05, 4.69) is 89.4 Å². The van der Waals surface area contributed by atoms with Gasteiger partial charge >= 0.3 is 0 Å². The van der Waals surface area contributed by atoms with Crippen LogP contribution in [-0.4, -0.2) is 10.0 Å². The van der Waals surface area contributed by atoms with Crippen molar-refractivity contribution in [3.63, 3.8) is 0 Å². The lowest BCUT2D eigenvalue weighted by Gasteiger charge is -2.40. The number of fused-ring (bicyclic) bond motifs is 6. The Labute approximate surface area is 123 Å². The van der Waals surface area contributed by atoms with E-state index in [4.69, 9.17) is 0 Å². The lowest BCUT2D eigenvalue weighted by atomic mass is 9.91. The highest BCUT2D eigenvalue weighted by Crippen LogP contribution is 2.31. The highest BCUT2D eigenvalue weighted by molar-refractivity contribution is 5.72. The summed E-state index contributed by atoms with van der Waals surface area (Å²) in [5.74, 6) is 0.338. The molecule has 2 nitrogen and oxygen atoms in total. The van der Waals surface area contributed by atoms with Gasteiger partial charge in [0.15, 0.2) is 0 Å². The third kappa shape index (κ3) is 1.47. The molecule has 21 heavy (non-hydrogen) atoms. The maximum Gasteiger partial charge on any atom is 0.0517 e. The summed E-state index contributed by atoms with van der Waals surface area (Å²) in [7, 11) is 0. The zero-order valence-electron chi connectivity index (χ0n) is 11.5. The Hall–Kier alpha value is -2.74. The van der Waals surface area contributed by atoms with Crippen molar-refractivity contribution >= 4 is 24.3 Å². The molecule has 2 aliphatic carbocycles. The first kappa shape index (κ1) is 11.0. The van der Waals surface area contributed by atoms with Crippen LogP contribution in [-0.2, 0) is 0 Å². The third-order valence-corrected chi connectivity index (χ3v) is 4.42. The lowest BCUT2D eigenvalue weighted by molar-refractivity contribution is 0.159. The van der Waals surface area contributed by atoms with Crippen molar-refractivity contribution in [2.45, 2.75) is 0 Å². The Kier molecular flexibility index (Phi) is 2.03. The first-order valence-electron chi connectivity index (χ1n) is 7.26. The molecule has 0 aromatic heterocycles. The van der Waals surface area contributed by atoms with Gasteiger partial charge in [0, 0.05) is 24.5 Å². The molecule has 1 aromatic rings. The van der Waals surface area contributed by atoms with Crippen LogP contribution < -0.4 is 10.4 Å². The van der Waals surface area contributed by atoms with Crippen LogP contribution in [0.4, 0.5) is 0 Å². The molecule has 0 saturated heterocycles. The fourth-order valence-electron chi connectivity index (χ4n) is 3.39. The summed E-state index contributed by atoms with van der Waals surface area (Å²) in [6.45, 7) is 0. The fourth-order valence-corrected chi connectivity index (χ4v) is 3.39. The molecule has 4 aliphatic rings. The molecule has 0 saturated carbocycles. The summed E-state index contributed by atoms with van der Waals surface area (Å²) in [4.78, 5) is 0.